The fraction of sp³-hybridized carbons (Fsp3) is 0.500. The number of benzene rings is 1. The van der Waals surface area contributed by atoms with E-state index in [1.807, 2.05) is 38.1 Å². The monoisotopic (exact) mass is 250 g/mol. The molecule has 0 bridgehead atoms. The van der Waals surface area contributed by atoms with Crippen LogP contribution in [0.5, 0.6) is 0 Å². The van der Waals surface area contributed by atoms with E-state index in [9.17, 15) is 9.90 Å². The van der Waals surface area contributed by atoms with E-state index >= 15 is 0 Å². The van der Waals surface area contributed by atoms with Gasteiger partial charge in [0.25, 0.3) is 0 Å². The molecule has 2 unspecified atom stereocenters. The summed E-state index contributed by atoms with van der Waals surface area (Å²) in [6, 6.07) is 7.65. The van der Waals surface area contributed by atoms with Crippen molar-refractivity contribution in [3.05, 3.63) is 35.4 Å². The molecule has 0 aliphatic rings. The smallest absolute Gasteiger partial charge is 0.220 e. The number of rotatable bonds is 6. The number of hydrogen-bond donors (Lipinski definition) is 3. The Labute approximate surface area is 108 Å². The molecule has 0 saturated heterocycles. The summed E-state index contributed by atoms with van der Waals surface area (Å²) >= 11 is 0. The number of aryl methyl sites for hydroxylation is 1. The molecule has 0 radical (unpaired) electrons. The summed E-state index contributed by atoms with van der Waals surface area (Å²) in [5.41, 5.74) is 7.53. The molecular weight excluding hydrogens is 228 g/mol. The number of carbonyl (C=O) groups is 1. The van der Waals surface area contributed by atoms with Gasteiger partial charge in [0.15, 0.2) is 0 Å². The van der Waals surface area contributed by atoms with Gasteiger partial charge >= 0.3 is 0 Å². The van der Waals surface area contributed by atoms with Crippen molar-refractivity contribution in [1.82, 2.24) is 5.32 Å². The second kappa shape index (κ2) is 7.13. The average molecular weight is 250 g/mol. The lowest BCUT2D eigenvalue weighted by atomic mass is 10.1. The molecule has 0 aliphatic carbocycles. The van der Waals surface area contributed by atoms with Gasteiger partial charge in [-0.25, -0.2) is 0 Å². The van der Waals surface area contributed by atoms with Crippen molar-refractivity contribution in [3.8, 4) is 0 Å². The van der Waals surface area contributed by atoms with Crippen molar-refractivity contribution in [2.45, 2.75) is 38.8 Å². The van der Waals surface area contributed by atoms with Crippen LogP contribution in [0.2, 0.25) is 0 Å². The first-order chi connectivity index (χ1) is 8.49. The minimum absolute atomic E-state index is 0.0257. The minimum atomic E-state index is -0.662. The van der Waals surface area contributed by atoms with E-state index in [4.69, 9.17) is 5.73 Å². The lowest BCUT2D eigenvalue weighted by Gasteiger charge is -2.13. The summed E-state index contributed by atoms with van der Waals surface area (Å²) in [6.45, 7) is 4.10. The first kappa shape index (κ1) is 14.7. The maximum absolute atomic E-state index is 11.5. The van der Waals surface area contributed by atoms with Crippen LogP contribution < -0.4 is 11.1 Å². The number of aliphatic hydroxyl groups is 1. The fourth-order valence-electron chi connectivity index (χ4n) is 1.56. The van der Waals surface area contributed by atoms with Gasteiger partial charge in [0.05, 0.1) is 6.10 Å². The van der Waals surface area contributed by atoms with Crippen molar-refractivity contribution in [2.24, 2.45) is 5.73 Å². The van der Waals surface area contributed by atoms with Crippen molar-refractivity contribution in [3.63, 3.8) is 0 Å². The Morgan fingerprint density at radius 3 is 2.56 bits per heavy atom. The summed E-state index contributed by atoms with van der Waals surface area (Å²) in [4.78, 5) is 11.5. The molecule has 4 nitrogen and oxygen atoms in total. The SMILES string of the molecule is Cc1ccc(C(O)CNC(=O)CCC(C)N)cc1. The molecular formula is C14H22N2O2. The first-order valence-electron chi connectivity index (χ1n) is 6.26. The maximum Gasteiger partial charge on any atom is 0.220 e. The minimum Gasteiger partial charge on any atom is -0.387 e. The zero-order valence-corrected chi connectivity index (χ0v) is 11.0. The Hall–Kier alpha value is -1.39. The quantitative estimate of drug-likeness (QED) is 0.711. The van der Waals surface area contributed by atoms with Gasteiger partial charge < -0.3 is 16.2 Å². The summed E-state index contributed by atoms with van der Waals surface area (Å²) in [6.07, 6.45) is 0.398. The van der Waals surface area contributed by atoms with Crippen LogP contribution in [0.15, 0.2) is 24.3 Å². The average Bonchev–Trinajstić information content (AvgIpc) is 2.34. The van der Waals surface area contributed by atoms with E-state index in [0.717, 1.165) is 11.1 Å². The molecule has 0 spiro atoms. The van der Waals surface area contributed by atoms with E-state index in [1.54, 1.807) is 0 Å². The lowest BCUT2D eigenvalue weighted by molar-refractivity contribution is -0.121. The van der Waals surface area contributed by atoms with Crippen molar-refractivity contribution in [1.29, 1.82) is 0 Å². The van der Waals surface area contributed by atoms with Gasteiger partial charge in [0.2, 0.25) is 5.91 Å². The highest BCUT2D eigenvalue weighted by atomic mass is 16.3. The third-order valence-corrected chi connectivity index (χ3v) is 2.78. The summed E-state index contributed by atoms with van der Waals surface area (Å²) < 4.78 is 0. The number of amides is 1. The number of nitrogens with two attached hydrogens (primary N) is 1. The van der Waals surface area contributed by atoms with Gasteiger partial charge in [0.1, 0.15) is 0 Å². The van der Waals surface area contributed by atoms with Crippen molar-refractivity contribution < 1.29 is 9.90 Å². The molecule has 4 N–H and O–H groups in total. The number of nitrogens with one attached hydrogen (secondary N) is 1. The summed E-state index contributed by atoms with van der Waals surface area (Å²) in [5.74, 6) is -0.0709. The Morgan fingerprint density at radius 2 is 2.00 bits per heavy atom. The topological polar surface area (TPSA) is 75.3 Å². The van der Waals surface area contributed by atoms with Crippen LogP contribution in [0.25, 0.3) is 0 Å². The highest BCUT2D eigenvalue weighted by Gasteiger charge is 2.09. The third-order valence-electron chi connectivity index (χ3n) is 2.78. The van der Waals surface area contributed by atoms with Gasteiger partial charge in [0, 0.05) is 19.0 Å². The molecule has 0 aromatic heterocycles. The largest absolute Gasteiger partial charge is 0.387 e. The fourth-order valence-corrected chi connectivity index (χ4v) is 1.56. The maximum atomic E-state index is 11.5. The van der Waals surface area contributed by atoms with Gasteiger partial charge in [-0.05, 0) is 25.8 Å². The highest BCUT2D eigenvalue weighted by molar-refractivity contribution is 5.75. The predicted molar refractivity (Wildman–Crippen MR) is 72.0 cm³/mol. The molecule has 0 saturated carbocycles. The van der Waals surface area contributed by atoms with Gasteiger partial charge in [-0.2, -0.15) is 0 Å². The van der Waals surface area contributed by atoms with Crippen molar-refractivity contribution >= 4 is 5.91 Å². The lowest BCUT2D eigenvalue weighted by Crippen LogP contribution is -2.29. The molecule has 0 heterocycles. The van der Waals surface area contributed by atoms with Crippen LogP contribution >= 0.6 is 0 Å². The standard InChI is InChI=1S/C14H22N2O2/c1-10-3-6-12(7-4-10)13(17)9-16-14(18)8-5-11(2)15/h3-4,6-7,11,13,17H,5,8-9,15H2,1-2H3,(H,16,18). The van der Waals surface area contributed by atoms with E-state index in [1.165, 1.54) is 0 Å². The summed E-state index contributed by atoms with van der Waals surface area (Å²) in [7, 11) is 0. The van der Waals surface area contributed by atoms with Gasteiger partial charge in [-0.15, -0.1) is 0 Å². The molecule has 2 atom stereocenters. The molecule has 1 amide bonds. The molecule has 1 rings (SSSR count). The van der Waals surface area contributed by atoms with Gasteiger partial charge in [-0.3, -0.25) is 4.79 Å². The Morgan fingerprint density at radius 1 is 1.39 bits per heavy atom. The van der Waals surface area contributed by atoms with Crippen LogP contribution in [-0.2, 0) is 4.79 Å². The van der Waals surface area contributed by atoms with Crippen LogP contribution in [0.1, 0.15) is 37.0 Å². The molecule has 0 fully saturated rings. The van der Waals surface area contributed by atoms with E-state index in [0.29, 0.717) is 12.8 Å². The Balaban J connectivity index is 2.34. The zero-order valence-electron chi connectivity index (χ0n) is 11.0. The second-order valence-corrected chi connectivity index (χ2v) is 4.75. The Kier molecular flexibility index (Phi) is 5.82. The molecule has 1 aromatic rings. The van der Waals surface area contributed by atoms with Crippen LogP contribution in [0.4, 0.5) is 0 Å². The molecule has 4 heteroatoms. The van der Waals surface area contributed by atoms with E-state index < -0.39 is 6.10 Å². The van der Waals surface area contributed by atoms with Gasteiger partial charge in [-0.1, -0.05) is 29.8 Å². The number of carbonyl (C=O) groups excluding carboxylic acids is 1. The van der Waals surface area contributed by atoms with Crippen LogP contribution in [-0.4, -0.2) is 23.6 Å². The second-order valence-electron chi connectivity index (χ2n) is 4.75. The number of hydrogen-bond acceptors (Lipinski definition) is 3. The van der Waals surface area contributed by atoms with Crippen LogP contribution in [0.3, 0.4) is 0 Å². The highest BCUT2D eigenvalue weighted by Crippen LogP contribution is 2.12. The van der Waals surface area contributed by atoms with E-state index in [2.05, 4.69) is 5.32 Å². The third kappa shape index (κ3) is 5.29. The molecule has 0 aliphatic heterocycles. The first-order valence-corrected chi connectivity index (χ1v) is 6.26. The van der Waals surface area contributed by atoms with Crippen molar-refractivity contribution in [2.75, 3.05) is 6.54 Å². The van der Waals surface area contributed by atoms with E-state index in [-0.39, 0.29) is 18.5 Å². The normalized spacial score (nSPS) is 14.0. The zero-order chi connectivity index (χ0) is 13.5. The number of aliphatic hydroxyl groups excluding tert-OH is 1. The van der Waals surface area contributed by atoms with Crippen LogP contribution in [0, 0.1) is 6.92 Å². The molecule has 100 valence electrons. The molecule has 18 heavy (non-hydrogen) atoms. The Bertz CT molecular complexity index is 374. The molecule has 1 aromatic carbocycles. The predicted octanol–water partition coefficient (Wildman–Crippen LogP) is 1.27. The summed E-state index contributed by atoms with van der Waals surface area (Å²) in [5, 5.41) is 12.6.